The second kappa shape index (κ2) is 8.64. The third-order valence-electron chi connectivity index (χ3n) is 3.41. The van der Waals surface area contributed by atoms with Gasteiger partial charge in [-0.1, -0.05) is 29.4 Å². The first kappa shape index (κ1) is 18.2. The van der Waals surface area contributed by atoms with Crippen LogP contribution in [0.5, 0.6) is 0 Å². The van der Waals surface area contributed by atoms with E-state index < -0.39 is 0 Å². The van der Waals surface area contributed by atoms with Gasteiger partial charge in [0.2, 0.25) is 5.91 Å². The van der Waals surface area contributed by atoms with E-state index in [1.807, 2.05) is 16.7 Å². The summed E-state index contributed by atoms with van der Waals surface area (Å²) >= 11 is 7.16. The van der Waals surface area contributed by atoms with Crippen molar-refractivity contribution in [1.29, 1.82) is 0 Å². The van der Waals surface area contributed by atoms with Crippen molar-refractivity contribution in [1.82, 2.24) is 19.7 Å². The molecule has 2 aromatic heterocycles. The molecule has 0 radical (unpaired) electrons. The molecular formula is C18H16ClN5OS. The number of pyridine rings is 1. The van der Waals surface area contributed by atoms with E-state index in [2.05, 4.69) is 27.1 Å². The summed E-state index contributed by atoms with van der Waals surface area (Å²) in [7, 11) is 0. The van der Waals surface area contributed by atoms with Crippen LogP contribution in [0.2, 0.25) is 5.02 Å². The van der Waals surface area contributed by atoms with Gasteiger partial charge in [-0.25, -0.2) is 0 Å². The Bertz CT molecular complexity index is 896. The normalized spacial score (nSPS) is 10.5. The number of thioether (sulfide) groups is 1. The van der Waals surface area contributed by atoms with Crippen LogP contribution in [0, 0.1) is 0 Å². The molecule has 0 saturated heterocycles. The molecule has 0 unspecified atom stereocenters. The van der Waals surface area contributed by atoms with Crippen molar-refractivity contribution in [2.75, 3.05) is 11.1 Å². The maximum Gasteiger partial charge on any atom is 0.234 e. The molecule has 3 rings (SSSR count). The fourth-order valence-electron chi connectivity index (χ4n) is 2.26. The Morgan fingerprint density at radius 2 is 2.08 bits per heavy atom. The van der Waals surface area contributed by atoms with Gasteiger partial charge in [0.25, 0.3) is 0 Å². The monoisotopic (exact) mass is 385 g/mol. The lowest BCUT2D eigenvalue weighted by molar-refractivity contribution is -0.113. The Morgan fingerprint density at radius 1 is 1.27 bits per heavy atom. The van der Waals surface area contributed by atoms with E-state index in [4.69, 9.17) is 11.6 Å². The van der Waals surface area contributed by atoms with Gasteiger partial charge in [-0.3, -0.25) is 14.3 Å². The standard InChI is InChI=1S/C18H16ClN5OS/c1-2-10-24-17(13-4-3-9-20-11-13)22-23-18(24)26-12-16(25)21-15-7-5-14(19)6-8-15/h2-9,11H,1,10,12H2,(H,21,25). The molecule has 0 aliphatic rings. The minimum Gasteiger partial charge on any atom is -0.325 e. The van der Waals surface area contributed by atoms with E-state index in [1.54, 1.807) is 42.7 Å². The van der Waals surface area contributed by atoms with E-state index >= 15 is 0 Å². The van der Waals surface area contributed by atoms with Gasteiger partial charge in [0.05, 0.1) is 5.75 Å². The van der Waals surface area contributed by atoms with Crippen LogP contribution in [0.15, 0.2) is 66.6 Å². The van der Waals surface area contributed by atoms with Crippen LogP contribution >= 0.6 is 23.4 Å². The highest BCUT2D eigenvalue weighted by atomic mass is 35.5. The summed E-state index contributed by atoms with van der Waals surface area (Å²) < 4.78 is 1.91. The lowest BCUT2D eigenvalue weighted by Gasteiger charge is -2.08. The Balaban J connectivity index is 1.69. The number of nitrogens with zero attached hydrogens (tertiary/aromatic N) is 4. The van der Waals surface area contributed by atoms with Gasteiger partial charge in [0.15, 0.2) is 11.0 Å². The third kappa shape index (κ3) is 4.50. The third-order valence-corrected chi connectivity index (χ3v) is 4.63. The summed E-state index contributed by atoms with van der Waals surface area (Å²) in [5.41, 5.74) is 1.56. The number of allylic oxidation sites excluding steroid dienone is 1. The highest BCUT2D eigenvalue weighted by molar-refractivity contribution is 7.99. The van der Waals surface area contributed by atoms with Crippen molar-refractivity contribution in [3.63, 3.8) is 0 Å². The number of halogens is 1. The van der Waals surface area contributed by atoms with Crippen LogP contribution in [-0.2, 0) is 11.3 Å². The first-order valence-electron chi connectivity index (χ1n) is 7.80. The molecule has 3 aromatic rings. The van der Waals surface area contributed by atoms with Gasteiger partial charge in [0.1, 0.15) is 0 Å². The lowest BCUT2D eigenvalue weighted by Crippen LogP contribution is -2.14. The van der Waals surface area contributed by atoms with Crippen LogP contribution < -0.4 is 5.32 Å². The van der Waals surface area contributed by atoms with Gasteiger partial charge in [-0.05, 0) is 36.4 Å². The maximum absolute atomic E-state index is 12.2. The number of amides is 1. The summed E-state index contributed by atoms with van der Waals surface area (Å²) in [5, 5.41) is 12.5. The first-order chi connectivity index (χ1) is 12.7. The van der Waals surface area contributed by atoms with Crippen LogP contribution in [0.4, 0.5) is 5.69 Å². The van der Waals surface area contributed by atoms with Crippen LogP contribution in [0.1, 0.15) is 0 Å². The van der Waals surface area contributed by atoms with Crippen molar-refractivity contribution in [3.05, 3.63) is 66.5 Å². The molecule has 0 aliphatic heterocycles. The Morgan fingerprint density at radius 3 is 2.77 bits per heavy atom. The largest absolute Gasteiger partial charge is 0.325 e. The minimum atomic E-state index is -0.131. The predicted molar refractivity (Wildman–Crippen MR) is 104 cm³/mol. The number of carbonyl (C=O) groups is 1. The summed E-state index contributed by atoms with van der Waals surface area (Å²) in [6, 6.07) is 10.7. The zero-order chi connectivity index (χ0) is 18.4. The van der Waals surface area contributed by atoms with E-state index in [9.17, 15) is 4.79 Å². The second-order valence-electron chi connectivity index (χ2n) is 5.29. The second-order valence-corrected chi connectivity index (χ2v) is 6.67. The number of anilines is 1. The van der Waals surface area contributed by atoms with E-state index in [0.717, 1.165) is 5.56 Å². The predicted octanol–water partition coefficient (Wildman–Crippen LogP) is 3.91. The topological polar surface area (TPSA) is 72.7 Å². The molecule has 0 aliphatic carbocycles. The van der Waals surface area contributed by atoms with Gasteiger partial charge in [-0.2, -0.15) is 0 Å². The Kier molecular flexibility index (Phi) is 6.04. The Hall–Kier alpha value is -2.64. The molecule has 6 nitrogen and oxygen atoms in total. The number of carbonyl (C=O) groups excluding carboxylic acids is 1. The quantitative estimate of drug-likeness (QED) is 0.493. The summed E-state index contributed by atoms with van der Waals surface area (Å²) in [5.74, 6) is 0.775. The number of aromatic nitrogens is 4. The number of rotatable bonds is 7. The van der Waals surface area contributed by atoms with Crippen molar-refractivity contribution in [3.8, 4) is 11.4 Å². The maximum atomic E-state index is 12.2. The molecular weight excluding hydrogens is 370 g/mol. The molecule has 0 fully saturated rings. The smallest absolute Gasteiger partial charge is 0.234 e. The molecule has 2 heterocycles. The van der Waals surface area contributed by atoms with Crippen LogP contribution in [0.25, 0.3) is 11.4 Å². The highest BCUT2D eigenvalue weighted by Crippen LogP contribution is 2.23. The first-order valence-corrected chi connectivity index (χ1v) is 9.16. The van der Waals surface area contributed by atoms with Gasteiger partial charge >= 0.3 is 0 Å². The van der Waals surface area contributed by atoms with Crippen LogP contribution in [0.3, 0.4) is 0 Å². The summed E-state index contributed by atoms with van der Waals surface area (Å²) in [4.78, 5) is 16.3. The fraction of sp³-hybridized carbons (Fsp3) is 0.111. The molecule has 0 atom stereocenters. The van der Waals surface area contributed by atoms with Crippen LogP contribution in [-0.4, -0.2) is 31.4 Å². The van der Waals surface area contributed by atoms with Gasteiger partial charge in [-0.15, -0.1) is 16.8 Å². The van der Waals surface area contributed by atoms with Crippen molar-refractivity contribution < 1.29 is 4.79 Å². The average Bonchev–Trinajstić information content (AvgIpc) is 3.06. The average molecular weight is 386 g/mol. The highest BCUT2D eigenvalue weighted by Gasteiger charge is 2.15. The van der Waals surface area contributed by atoms with Crippen molar-refractivity contribution in [2.45, 2.75) is 11.7 Å². The van der Waals surface area contributed by atoms with Gasteiger partial charge in [0, 0.05) is 35.2 Å². The summed E-state index contributed by atoms with van der Waals surface area (Å²) in [6.07, 6.45) is 5.20. The van der Waals surface area contributed by atoms with Crippen molar-refractivity contribution in [2.24, 2.45) is 0 Å². The molecule has 132 valence electrons. The molecule has 1 amide bonds. The molecule has 0 bridgehead atoms. The minimum absolute atomic E-state index is 0.131. The molecule has 1 N–H and O–H groups in total. The zero-order valence-corrected chi connectivity index (χ0v) is 15.4. The van der Waals surface area contributed by atoms with E-state index in [1.165, 1.54) is 11.8 Å². The van der Waals surface area contributed by atoms with Crippen molar-refractivity contribution >= 4 is 35.0 Å². The summed E-state index contributed by atoms with van der Waals surface area (Å²) in [6.45, 7) is 4.32. The molecule has 0 saturated carbocycles. The van der Waals surface area contributed by atoms with E-state index in [0.29, 0.717) is 28.2 Å². The molecule has 0 spiro atoms. The van der Waals surface area contributed by atoms with E-state index in [-0.39, 0.29) is 11.7 Å². The molecule has 1 aromatic carbocycles. The molecule has 26 heavy (non-hydrogen) atoms. The Labute approximate surface area is 160 Å². The molecule has 8 heteroatoms. The fourth-order valence-corrected chi connectivity index (χ4v) is 3.13. The number of hydrogen-bond donors (Lipinski definition) is 1. The number of hydrogen-bond acceptors (Lipinski definition) is 5. The lowest BCUT2D eigenvalue weighted by atomic mass is 10.3. The zero-order valence-electron chi connectivity index (χ0n) is 13.8. The SMILES string of the molecule is C=CCn1c(SCC(=O)Nc2ccc(Cl)cc2)nnc1-c1cccnc1. The van der Waals surface area contributed by atoms with Gasteiger partial charge < -0.3 is 5.32 Å². The number of nitrogens with one attached hydrogen (secondary N) is 1. The number of benzene rings is 1.